The summed E-state index contributed by atoms with van der Waals surface area (Å²) in [7, 11) is 1.75. The molecule has 2 aromatic rings. The molecule has 0 aliphatic heterocycles. The number of aryl methyl sites for hydroxylation is 1. The van der Waals surface area contributed by atoms with Crippen LogP contribution in [0.4, 0.5) is 9.80 Å². The highest BCUT2D eigenvalue weighted by Crippen LogP contribution is 2.33. The molecule has 0 aliphatic carbocycles. The van der Waals surface area contributed by atoms with Gasteiger partial charge in [0, 0.05) is 31.5 Å². The predicted octanol–water partition coefficient (Wildman–Crippen LogP) is 2.68. The minimum absolute atomic E-state index is 0.119. The standard InChI is InChI=1S/C13H16N4OS/c1-4-15-13(18)17(3)12-9(2)16-11(19-12)10-6-5-7-14-8-10/h5-8H,4H2,1-3H3,(H,15,18). The summed E-state index contributed by atoms with van der Waals surface area (Å²) in [5.74, 6) is 0. The highest BCUT2D eigenvalue weighted by Gasteiger charge is 2.17. The van der Waals surface area contributed by atoms with Crippen LogP contribution >= 0.6 is 11.3 Å². The Morgan fingerprint density at radius 1 is 1.53 bits per heavy atom. The van der Waals surface area contributed by atoms with E-state index in [9.17, 15) is 4.79 Å². The van der Waals surface area contributed by atoms with E-state index in [0.717, 1.165) is 21.3 Å². The van der Waals surface area contributed by atoms with E-state index in [4.69, 9.17) is 0 Å². The van der Waals surface area contributed by atoms with Gasteiger partial charge in [-0.3, -0.25) is 9.88 Å². The summed E-state index contributed by atoms with van der Waals surface area (Å²) in [6, 6.07) is 3.72. The molecule has 0 saturated heterocycles. The van der Waals surface area contributed by atoms with Crippen LogP contribution in [0.25, 0.3) is 10.6 Å². The fourth-order valence-electron chi connectivity index (χ4n) is 1.67. The molecular weight excluding hydrogens is 260 g/mol. The van der Waals surface area contributed by atoms with Gasteiger partial charge in [0.25, 0.3) is 0 Å². The second-order valence-electron chi connectivity index (χ2n) is 4.05. The first-order valence-electron chi connectivity index (χ1n) is 6.03. The molecule has 0 fully saturated rings. The lowest BCUT2D eigenvalue weighted by Gasteiger charge is -2.15. The Balaban J connectivity index is 2.29. The number of aromatic nitrogens is 2. The van der Waals surface area contributed by atoms with Gasteiger partial charge in [-0.1, -0.05) is 11.3 Å². The number of urea groups is 1. The van der Waals surface area contributed by atoms with Gasteiger partial charge in [-0.15, -0.1) is 0 Å². The van der Waals surface area contributed by atoms with E-state index in [0.29, 0.717) is 6.54 Å². The van der Waals surface area contributed by atoms with Crippen LogP contribution in [0.15, 0.2) is 24.5 Å². The van der Waals surface area contributed by atoms with Crippen molar-refractivity contribution in [2.45, 2.75) is 13.8 Å². The van der Waals surface area contributed by atoms with Crippen LogP contribution in [0.3, 0.4) is 0 Å². The van der Waals surface area contributed by atoms with E-state index in [1.54, 1.807) is 24.3 Å². The fraction of sp³-hybridized carbons (Fsp3) is 0.308. The maximum atomic E-state index is 11.8. The largest absolute Gasteiger partial charge is 0.338 e. The Bertz CT molecular complexity index is 567. The summed E-state index contributed by atoms with van der Waals surface area (Å²) in [5, 5.41) is 4.50. The van der Waals surface area contributed by atoms with Crippen molar-refractivity contribution in [3.63, 3.8) is 0 Å². The van der Waals surface area contributed by atoms with Gasteiger partial charge >= 0.3 is 6.03 Å². The Hall–Kier alpha value is -1.95. The first kappa shape index (κ1) is 13.5. The number of hydrogen-bond donors (Lipinski definition) is 1. The number of pyridine rings is 1. The summed E-state index contributed by atoms with van der Waals surface area (Å²) in [5.41, 5.74) is 1.81. The van der Waals surface area contributed by atoms with E-state index in [-0.39, 0.29) is 6.03 Å². The van der Waals surface area contributed by atoms with E-state index in [1.807, 2.05) is 26.0 Å². The molecule has 0 aliphatic rings. The molecule has 0 unspecified atom stereocenters. The zero-order chi connectivity index (χ0) is 13.8. The van der Waals surface area contributed by atoms with Crippen molar-refractivity contribution in [2.75, 3.05) is 18.5 Å². The molecule has 19 heavy (non-hydrogen) atoms. The summed E-state index contributed by atoms with van der Waals surface area (Å²) >= 11 is 1.49. The second kappa shape index (κ2) is 5.79. The van der Waals surface area contributed by atoms with Crippen molar-refractivity contribution in [2.24, 2.45) is 0 Å². The quantitative estimate of drug-likeness (QED) is 0.937. The average Bonchev–Trinajstić information content (AvgIpc) is 2.81. The van der Waals surface area contributed by atoms with Crippen LogP contribution in [0.1, 0.15) is 12.6 Å². The summed E-state index contributed by atoms with van der Waals surface area (Å²) in [4.78, 5) is 22.0. The molecule has 0 radical (unpaired) electrons. The monoisotopic (exact) mass is 276 g/mol. The number of carbonyl (C=O) groups is 1. The number of nitrogens with one attached hydrogen (secondary N) is 1. The van der Waals surface area contributed by atoms with Gasteiger partial charge in [0.2, 0.25) is 0 Å². The molecule has 5 nitrogen and oxygen atoms in total. The van der Waals surface area contributed by atoms with Crippen LogP contribution in [0.2, 0.25) is 0 Å². The number of carbonyl (C=O) groups excluding carboxylic acids is 1. The SMILES string of the molecule is CCNC(=O)N(C)c1sc(-c2cccnc2)nc1C. The van der Waals surface area contributed by atoms with Gasteiger partial charge < -0.3 is 5.32 Å². The first-order chi connectivity index (χ1) is 9.13. The van der Waals surface area contributed by atoms with Gasteiger partial charge in [-0.05, 0) is 26.0 Å². The molecule has 100 valence electrons. The fourth-order valence-corrected chi connectivity index (χ4v) is 2.69. The molecule has 2 amide bonds. The maximum Gasteiger partial charge on any atom is 0.322 e. The van der Waals surface area contributed by atoms with Crippen molar-refractivity contribution < 1.29 is 4.79 Å². The van der Waals surface area contributed by atoms with Crippen molar-refractivity contribution in [1.29, 1.82) is 0 Å². The highest BCUT2D eigenvalue weighted by molar-refractivity contribution is 7.19. The van der Waals surface area contributed by atoms with Crippen LogP contribution < -0.4 is 10.2 Å². The topological polar surface area (TPSA) is 58.1 Å². The zero-order valence-electron chi connectivity index (χ0n) is 11.2. The first-order valence-corrected chi connectivity index (χ1v) is 6.84. The lowest BCUT2D eigenvalue weighted by molar-refractivity contribution is 0.248. The molecule has 0 atom stereocenters. The number of anilines is 1. The lowest BCUT2D eigenvalue weighted by atomic mass is 10.3. The van der Waals surface area contributed by atoms with Crippen LogP contribution in [-0.4, -0.2) is 29.6 Å². The van der Waals surface area contributed by atoms with E-state index >= 15 is 0 Å². The van der Waals surface area contributed by atoms with Crippen LogP contribution in [0.5, 0.6) is 0 Å². The van der Waals surface area contributed by atoms with E-state index in [2.05, 4.69) is 15.3 Å². The van der Waals surface area contributed by atoms with Crippen molar-refractivity contribution >= 4 is 22.4 Å². The zero-order valence-corrected chi connectivity index (χ0v) is 12.0. The van der Waals surface area contributed by atoms with Crippen molar-refractivity contribution in [3.05, 3.63) is 30.2 Å². The molecule has 2 rings (SSSR count). The summed E-state index contributed by atoms with van der Waals surface area (Å²) < 4.78 is 0. The number of thiazole rings is 1. The lowest BCUT2D eigenvalue weighted by Crippen LogP contribution is -2.36. The molecule has 0 bridgehead atoms. The van der Waals surface area contributed by atoms with Gasteiger partial charge in [0.05, 0.1) is 5.69 Å². The Labute approximate surface area is 116 Å². The minimum Gasteiger partial charge on any atom is -0.338 e. The Morgan fingerprint density at radius 2 is 2.32 bits per heavy atom. The van der Waals surface area contributed by atoms with E-state index < -0.39 is 0 Å². The smallest absolute Gasteiger partial charge is 0.322 e. The number of nitrogens with zero attached hydrogens (tertiary/aromatic N) is 3. The molecule has 0 saturated carbocycles. The Kier molecular flexibility index (Phi) is 4.11. The molecule has 0 aromatic carbocycles. The molecule has 0 spiro atoms. The normalized spacial score (nSPS) is 10.3. The average molecular weight is 276 g/mol. The summed E-state index contributed by atoms with van der Waals surface area (Å²) in [6.07, 6.45) is 3.50. The molecule has 6 heteroatoms. The third kappa shape index (κ3) is 2.90. The van der Waals surface area contributed by atoms with Gasteiger partial charge in [0.1, 0.15) is 10.0 Å². The predicted molar refractivity (Wildman–Crippen MR) is 77.6 cm³/mol. The van der Waals surface area contributed by atoms with Gasteiger partial charge in [0.15, 0.2) is 0 Å². The maximum absolute atomic E-state index is 11.8. The molecule has 1 N–H and O–H groups in total. The van der Waals surface area contributed by atoms with E-state index in [1.165, 1.54) is 11.3 Å². The molecule has 2 aromatic heterocycles. The van der Waals surface area contributed by atoms with Crippen molar-refractivity contribution in [1.82, 2.24) is 15.3 Å². The van der Waals surface area contributed by atoms with Gasteiger partial charge in [-0.25, -0.2) is 9.78 Å². The van der Waals surface area contributed by atoms with Gasteiger partial charge in [-0.2, -0.15) is 0 Å². The third-order valence-electron chi connectivity index (χ3n) is 2.62. The van der Waals surface area contributed by atoms with Crippen LogP contribution in [0, 0.1) is 6.92 Å². The number of rotatable bonds is 3. The van der Waals surface area contributed by atoms with Crippen molar-refractivity contribution in [3.8, 4) is 10.6 Å². The minimum atomic E-state index is -0.119. The number of amides is 2. The van der Waals surface area contributed by atoms with Crippen LogP contribution in [-0.2, 0) is 0 Å². The number of hydrogen-bond acceptors (Lipinski definition) is 4. The third-order valence-corrected chi connectivity index (χ3v) is 3.90. The Morgan fingerprint density at radius 3 is 2.95 bits per heavy atom. The molecule has 2 heterocycles. The highest BCUT2D eigenvalue weighted by atomic mass is 32.1. The summed E-state index contributed by atoms with van der Waals surface area (Å²) in [6.45, 7) is 4.41. The second-order valence-corrected chi connectivity index (χ2v) is 5.02. The molecular formula is C13H16N4OS.